The van der Waals surface area contributed by atoms with E-state index >= 15 is 0 Å². The minimum atomic E-state index is -0.569. The Balaban J connectivity index is 2.48. The minimum absolute atomic E-state index is 0.569. The molecule has 0 fully saturated rings. The van der Waals surface area contributed by atoms with E-state index in [1.165, 1.54) is 0 Å². The lowest BCUT2D eigenvalue weighted by atomic mass is 10.1. The van der Waals surface area contributed by atoms with Crippen LogP contribution in [0.4, 0.5) is 0 Å². The van der Waals surface area contributed by atoms with E-state index in [9.17, 15) is 9.90 Å². The highest BCUT2D eigenvalue weighted by atomic mass is 16.3. The van der Waals surface area contributed by atoms with Crippen LogP contribution in [-0.4, -0.2) is 11.4 Å². The maximum atomic E-state index is 10.4. The van der Waals surface area contributed by atoms with Crippen LogP contribution in [0, 0.1) is 0 Å². The summed E-state index contributed by atoms with van der Waals surface area (Å²) in [5.41, 5.74) is 2.54. The van der Waals surface area contributed by atoms with Gasteiger partial charge in [-0.15, -0.1) is 0 Å². The summed E-state index contributed by atoms with van der Waals surface area (Å²) in [6.07, 6.45) is 0.242. The Kier molecular flexibility index (Phi) is 1.67. The monoisotopic (exact) mass is 163 g/mol. The number of rotatable bonds is 1. The molecule has 0 saturated carbocycles. The van der Waals surface area contributed by atoms with Crippen molar-refractivity contribution in [3.8, 4) is 0 Å². The van der Waals surface area contributed by atoms with Crippen LogP contribution >= 0.6 is 0 Å². The third-order valence-electron chi connectivity index (χ3n) is 2.08. The van der Waals surface area contributed by atoms with Crippen molar-refractivity contribution < 1.29 is 9.90 Å². The number of carbonyl (C=O) groups is 1. The van der Waals surface area contributed by atoms with Gasteiger partial charge in [-0.1, -0.05) is 12.1 Å². The molecule has 0 aliphatic carbocycles. The van der Waals surface area contributed by atoms with Gasteiger partial charge in [-0.25, -0.2) is 0 Å². The number of hydrogen-bond donors (Lipinski definition) is 2. The van der Waals surface area contributed by atoms with Crippen LogP contribution in [0.25, 0.3) is 0 Å². The molecule has 1 aliphatic rings. The number of carbonyl (C=O) groups excluding carboxylic acids is 1. The molecule has 62 valence electrons. The Bertz CT molecular complexity index is 322. The fraction of sp³-hybridized carbons (Fsp3) is 0.222. The van der Waals surface area contributed by atoms with E-state index in [4.69, 9.17) is 0 Å². The summed E-state index contributed by atoms with van der Waals surface area (Å²) in [7, 11) is 0. The molecule has 1 unspecified atom stereocenters. The van der Waals surface area contributed by atoms with E-state index in [1.807, 2.05) is 0 Å². The fourth-order valence-electron chi connectivity index (χ4n) is 1.44. The second kappa shape index (κ2) is 2.69. The Hall–Kier alpha value is -1.19. The molecular formula is C9H9NO2. The Morgan fingerprint density at radius 3 is 3.17 bits per heavy atom. The van der Waals surface area contributed by atoms with Crippen LogP contribution in [0.5, 0.6) is 0 Å². The summed E-state index contributed by atoms with van der Waals surface area (Å²) in [6.45, 7) is 0.637. The molecule has 0 spiro atoms. The lowest BCUT2D eigenvalue weighted by Gasteiger charge is -2.02. The van der Waals surface area contributed by atoms with Crippen molar-refractivity contribution in [1.82, 2.24) is 5.32 Å². The standard InChI is InChI=1S/C9H9NO2/c11-5-6-1-2-8-7(3-6)4-10-9(8)12/h1-3,5,9-10,12H,4H2. The summed E-state index contributed by atoms with van der Waals surface area (Å²) in [4.78, 5) is 10.4. The zero-order valence-corrected chi connectivity index (χ0v) is 6.45. The van der Waals surface area contributed by atoms with Crippen LogP contribution in [-0.2, 0) is 6.54 Å². The van der Waals surface area contributed by atoms with Crippen LogP contribution < -0.4 is 5.32 Å². The predicted molar refractivity (Wildman–Crippen MR) is 43.6 cm³/mol. The quantitative estimate of drug-likeness (QED) is 0.596. The van der Waals surface area contributed by atoms with E-state index in [2.05, 4.69) is 5.32 Å². The highest BCUT2D eigenvalue weighted by Crippen LogP contribution is 2.23. The first-order chi connectivity index (χ1) is 5.81. The first kappa shape index (κ1) is 7.46. The lowest BCUT2D eigenvalue weighted by molar-refractivity contribution is 0.112. The molecule has 1 aliphatic heterocycles. The average Bonchev–Trinajstić information content (AvgIpc) is 2.47. The SMILES string of the molecule is O=Cc1ccc2c(c1)CNC2O. The number of fused-ring (bicyclic) bond motifs is 1. The smallest absolute Gasteiger partial charge is 0.150 e. The van der Waals surface area contributed by atoms with Crippen LogP contribution in [0.3, 0.4) is 0 Å². The van der Waals surface area contributed by atoms with Crippen LogP contribution in [0.2, 0.25) is 0 Å². The molecule has 0 aromatic heterocycles. The van der Waals surface area contributed by atoms with Gasteiger partial charge in [0, 0.05) is 12.1 Å². The van der Waals surface area contributed by atoms with E-state index in [0.29, 0.717) is 12.1 Å². The lowest BCUT2D eigenvalue weighted by Crippen LogP contribution is -2.09. The average molecular weight is 163 g/mol. The van der Waals surface area contributed by atoms with Crippen molar-refractivity contribution in [3.05, 3.63) is 34.9 Å². The molecule has 3 heteroatoms. The van der Waals surface area contributed by atoms with E-state index in [-0.39, 0.29) is 0 Å². The van der Waals surface area contributed by atoms with Gasteiger partial charge in [0.05, 0.1) is 0 Å². The minimum Gasteiger partial charge on any atom is -0.374 e. The van der Waals surface area contributed by atoms with E-state index in [0.717, 1.165) is 17.4 Å². The van der Waals surface area contributed by atoms with Gasteiger partial charge in [-0.3, -0.25) is 10.1 Å². The van der Waals surface area contributed by atoms with E-state index in [1.54, 1.807) is 18.2 Å². The summed E-state index contributed by atoms with van der Waals surface area (Å²) >= 11 is 0. The largest absolute Gasteiger partial charge is 0.374 e. The first-order valence-corrected chi connectivity index (χ1v) is 3.81. The predicted octanol–water partition coefficient (Wildman–Crippen LogP) is 0.593. The first-order valence-electron chi connectivity index (χ1n) is 3.81. The van der Waals surface area contributed by atoms with Gasteiger partial charge in [0.1, 0.15) is 12.5 Å². The Morgan fingerprint density at radius 1 is 1.58 bits per heavy atom. The maximum Gasteiger partial charge on any atom is 0.150 e. The number of benzene rings is 1. The van der Waals surface area contributed by atoms with Gasteiger partial charge in [-0.05, 0) is 17.2 Å². The number of aliphatic hydroxyl groups excluding tert-OH is 1. The molecule has 1 aromatic carbocycles. The summed E-state index contributed by atoms with van der Waals surface area (Å²) in [5.74, 6) is 0. The number of hydrogen-bond acceptors (Lipinski definition) is 3. The third kappa shape index (κ3) is 1.03. The molecule has 1 aromatic rings. The topological polar surface area (TPSA) is 49.3 Å². The molecule has 2 rings (SSSR count). The van der Waals surface area contributed by atoms with Gasteiger partial charge < -0.3 is 5.11 Å². The highest BCUT2D eigenvalue weighted by molar-refractivity contribution is 5.75. The molecule has 3 nitrogen and oxygen atoms in total. The highest BCUT2D eigenvalue weighted by Gasteiger charge is 2.18. The maximum absolute atomic E-state index is 10.4. The second-order valence-corrected chi connectivity index (χ2v) is 2.86. The molecule has 12 heavy (non-hydrogen) atoms. The molecular weight excluding hydrogens is 154 g/mol. The van der Waals surface area contributed by atoms with Gasteiger partial charge >= 0.3 is 0 Å². The van der Waals surface area contributed by atoms with Crippen molar-refractivity contribution in [1.29, 1.82) is 0 Å². The summed E-state index contributed by atoms with van der Waals surface area (Å²) < 4.78 is 0. The molecule has 0 radical (unpaired) electrons. The molecule has 1 atom stereocenters. The van der Waals surface area contributed by atoms with Crippen molar-refractivity contribution in [2.24, 2.45) is 0 Å². The zero-order chi connectivity index (χ0) is 8.55. The van der Waals surface area contributed by atoms with E-state index < -0.39 is 6.23 Å². The third-order valence-corrected chi connectivity index (χ3v) is 2.08. The second-order valence-electron chi connectivity index (χ2n) is 2.86. The summed E-state index contributed by atoms with van der Waals surface area (Å²) in [6, 6.07) is 5.29. The summed E-state index contributed by atoms with van der Waals surface area (Å²) in [5, 5.41) is 12.2. The van der Waals surface area contributed by atoms with Gasteiger partial charge in [-0.2, -0.15) is 0 Å². The zero-order valence-electron chi connectivity index (χ0n) is 6.45. The van der Waals surface area contributed by atoms with Gasteiger partial charge in [0.15, 0.2) is 0 Å². The van der Waals surface area contributed by atoms with Crippen molar-refractivity contribution in [2.45, 2.75) is 12.8 Å². The van der Waals surface area contributed by atoms with Crippen molar-refractivity contribution >= 4 is 6.29 Å². The van der Waals surface area contributed by atoms with Crippen molar-refractivity contribution in [3.63, 3.8) is 0 Å². The Labute approximate surface area is 70.0 Å². The molecule has 2 N–H and O–H groups in total. The van der Waals surface area contributed by atoms with Gasteiger partial charge in [0.25, 0.3) is 0 Å². The van der Waals surface area contributed by atoms with Crippen molar-refractivity contribution in [2.75, 3.05) is 0 Å². The molecule has 0 amide bonds. The number of aldehydes is 1. The normalized spacial score (nSPS) is 20.6. The van der Waals surface area contributed by atoms with Gasteiger partial charge in [0.2, 0.25) is 0 Å². The molecule has 1 heterocycles. The number of aliphatic hydroxyl groups is 1. The van der Waals surface area contributed by atoms with Crippen LogP contribution in [0.1, 0.15) is 27.7 Å². The number of nitrogens with one attached hydrogen (secondary N) is 1. The fourth-order valence-corrected chi connectivity index (χ4v) is 1.44. The van der Waals surface area contributed by atoms with Crippen LogP contribution in [0.15, 0.2) is 18.2 Å². The molecule has 0 saturated heterocycles. The Morgan fingerprint density at radius 2 is 2.42 bits per heavy atom. The molecule has 0 bridgehead atoms.